The minimum Gasteiger partial charge on any atom is -0.393 e. The van der Waals surface area contributed by atoms with E-state index in [1.54, 1.807) is 13.2 Å². The monoisotopic (exact) mass is 383 g/mol. The number of aliphatic hydroxyl groups excluding tert-OH is 1. The van der Waals surface area contributed by atoms with Crippen LogP contribution >= 0.6 is 0 Å². The Morgan fingerprint density at radius 1 is 1.29 bits per heavy atom. The van der Waals surface area contributed by atoms with Crippen molar-refractivity contribution in [3.63, 3.8) is 0 Å². The summed E-state index contributed by atoms with van der Waals surface area (Å²) < 4.78 is 0. The smallest absolute Gasteiger partial charge is 0.329 e. The Morgan fingerprint density at radius 3 is 2.82 bits per heavy atom. The SMILES string of the molecule is CN(c1nc(Nc2ccc3cn[nH]c3c2)ncc1[N+](=O)[O-])C1CCC(O)CC1. The zero-order chi connectivity index (χ0) is 19.7. The second-order valence-corrected chi connectivity index (χ2v) is 7.03. The van der Waals surface area contributed by atoms with Crippen molar-refractivity contribution >= 4 is 34.0 Å². The molecule has 0 saturated heterocycles. The van der Waals surface area contributed by atoms with Gasteiger partial charge in [0.05, 0.1) is 22.7 Å². The molecular formula is C18H21N7O3. The van der Waals surface area contributed by atoms with Crippen molar-refractivity contribution in [2.75, 3.05) is 17.3 Å². The molecule has 4 rings (SSSR count). The maximum absolute atomic E-state index is 11.5. The molecule has 0 unspecified atom stereocenters. The number of aromatic nitrogens is 4. The van der Waals surface area contributed by atoms with Gasteiger partial charge < -0.3 is 15.3 Å². The van der Waals surface area contributed by atoms with Crippen LogP contribution in [0.3, 0.4) is 0 Å². The molecule has 0 radical (unpaired) electrons. The van der Waals surface area contributed by atoms with Gasteiger partial charge >= 0.3 is 5.69 Å². The molecule has 3 aromatic rings. The van der Waals surface area contributed by atoms with Crippen molar-refractivity contribution < 1.29 is 10.0 Å². The van der Waals surface area contributed by atoms with Crippen molar-refractivity contribution in [2.24, 2.45) is 0 Å². The highest BCUT2D eigenvalue weighted by atomic mass is 16.6. The molecule has 1 aliphatic carbocycles. The van der Waals surface area contributed by atoms with E-state index in [9.17, 15) is 15.2 Å². The second kappa shape index (κ2) is 7.39. The van der Waals surface area contributed by atoms with Gasteiger partial charge in [0.25, 0.3) is 0 Å². The Hall–Kier alpha value is -3.27. The molecule has 1 saturated carbocycles. The first-order valence-electron chi connectivity index (χ1n) is 9.14. The molecule has 1 aromatic carbocycles. The lowest BCUT2D eigenvalue weighted by Crippen LogP contribution is -2.37. The summed E-state index contributed by atoms with van der Waals surface area (Å²) in [5, 5.41) is 32.2. The molecular weight excluding hydrogens is 362 g/mol. The van der Waals surface area contributed by atoms with Crippen LogP contribution < -0.4 is 10.2 Å². The van der Waals surface area contributed by atoms with Crippen molar-refractivity contribution in [1.82, 2.24) is 20.2 Å². The van der Waals surface area contributed by atoms with E-state index in [0.717, 1.165) is 29.4 Å². The van der Waals surface area contributed by atoms with Crippen LogP contribution in [0, 0.1) is 10.1 Å². The third kappa shape index (κ3) is 3.58. The molecule has 3 N–H and O–H groups in total. The Morgan fingerprint density at radius 2 is 2.07 bits per heavy atom. The lowest BCUT2D eigenvalue weighted by molar-refractivity contribution is -0.384. The highest BCUT2D eigenvalue weighted by Crippen LogP contribution is 2.32. The van der Waals surface area contributed by atoms with Crippen LogP contribution in [0.1, 0.15) is 25.7 Å². The van der Waals surface area contributed by atoms with Gasteiger partial charge in [-0.25, -0.2) is 4.98 Å². The van der Waals surface area contributed by atoms with Crippen LogP contribution in [0.2, 0.25) is 0 Å². The number of rotatable bonds is 5. The second-order valence-electron chi connectivity index (χ2n) is 7.03. The highest BCUT2D eigenvalue weighted by molar-refractivity contribution is 5.82. The summed E-state index contributed by atoms with van der Waals surface area (Å²) in [6, 6.07) is 5.74. The maximum atomic E-state index is 11.5. The molecule has 2 heterocycles. The number of nitrogens with one attached hydrogen (secondary N) is 2. The summed E-state index contributed by atoms with van der Waals surface area (Å²) in [5.41, 5.74) is 1.48. The number of nitrogens with zero attached hydrogens (tertiary/aromatic N) is 5. The van der Waals surface area contributed by atoms with Crippen LogP contribution in [0.5, 0.6) is 0 Å². The van der Waals surface area contributed by atoms with Gasteiger partial charge in [-0.15, -0.1) is 0 Å². The average molecular weight is 383 g/mol. The first kappa shape index (κ1) is 18.1. The first-order valence-corrected chi connectivity index (χ1v) is 9.14. The number of hydrogen-bond acceptors (Lipinski definition) is 8. The van der Waals surface area contributed by atoms with Gasteiger partial charge in [-0.1, -0.05) is 0 Å². The summed E-state index contributed by atoms with van der Waals surface area (Å²) in [6.45, 7) is 0. The number of fused-ring (bicyclic) bond motifs is 1. The van der Waals surface area contributed by atoms with Gasteiger partial charge in [0.15, 0.2) is 0 Å². The normalized spacial score (nSPS) is 19.5. The molecule has 0 aliphatic heterocycles. The zero-order valence-electron chi connectivity index (χ0n) is 15.4. The molecule has 28 heavy (non-hydrogen) atoms. The average Bonchev–Trinajstić information content (AvgIpc) is 3.15. The van der Waals surface area contributed by atoms with Gasteiger partial charge in [0, 0.05) is 24.2 Å². The molecule has 10 nitrogen and oxygen atoms in total. The van der Waals surface area contributed by atoms with E-state index in [2.05, 4.69) is 25.5 Å². The summed E-state index contributed by atoms with van der Waals surface area (Å²) in [6.07, 6.45) is 5.56. The van der Waals surface area contributed by atoms with Crippen LogP contribution in [-0.4, -0.2) is 49.4 Å². The Kier molecular flexibility index (Phi) is 4.78. The Labute approximate surface area is 160 Å². The van der Waals surface area contributed by atoms with Crippen molar-refractivity contribution in [2.45, 2.75) is 37.8 Å². The number of benzene rings is 1. The fraction of sp³-hybridized carbons (Fsp3) is 0.389. The summed E-state index contributed by atoms with van der Waals surface area (Å²) in [5.74, 6) is 0.550. The number of H-pyrrole nitrogens is 1. The van der Waals surface area contributed by atoms with Crippen LogP contribution in [0.15, 0.2) is 30.6 Å². The molecule has 2 aromatic heterocycles. The minimum atomic E-state index is -0.468. The van der Waals surface area contributed by atoms with E-state index in [4.69, 9.17) is 0 Å². The third-order valence-corrected chi connectivity index (χ3v) is 5.19. The van der Waals surface area contributed by atoms with E-state index in [1.807, 2.05) is 23.1 Å². The number of anilines is 3. The predicted molar refractivity (Wildman–Crippen MR) is 105 cm³/mol. The molecule has 146 valence electrons. The summed E-state index contributed by atoms with van der Waals surface area (Å²) >= 11 is 0. The fourth-order valence-electron chi connectivity index (χ4n) is 3.58. The number of hydrogen-bond donors (Lipinski definition) is 3. The zero-order valence-corrected chi connectivity index (χ0v) is 15.4. The van der Waals surface area contributed by atoms with Crippen molar-refractivity contribution in [3.05, 3.63) is 40.7 Å². The summed E-state index contributed by atoms with van der Waals surface area (Å²) in [4.78, 5) is 21.4. The molecule has 1 fully saturated rings. The minimum absolute atomic E-state index is 0.0891. The van der Waals surface area contributed by atoms with E-state index >= 15 is 0 Å². The Balaban J connectivity index is 1.62. The van der Waals surface area contributed by atoms with Crippen LogP contribution in [0.25, 0.3) is 10.9 Å². The number of aromatic amines is 1. The van der Waals surface area contributed by atoms with Gasteiger partial charge in [-0.05, 0) is 43.9 Å². The third-order valence-electron chi connectivity index (χ3n) is 5.19. The predicted octanol–water partition coefficient (Wildman–Crippen LogP) is 2.74. The number of aliphatic hydroxyl groups is 1. The summed E-state index contributed by atoms with van der Waals surface area (Å²) in [7, 11) is 1.80. The van der Waals surface area contributed by atoms with Gasteiger partial charge in [-0.2, -0.15) is 10.1 Å². The van der Waals surface area contributed by atoms with E-state index in [0.29, 0.717) is 12.8 Å². The molecule has 0 bridgehead atoms. The van der Waals surface area contributed by atoms with Crippen LogP contribution in [0.4, 0.5) is 23.1 Å². The van der Waals surface area contributed by atoms with E-state index in [1.165, 1.54) is 6.20 Å². The number of nitro groups is 1. The van der Waals surface area contributed by atoms with E-state index in [-0.39, 0.29) is 29.6 Å². The lowest BCUT2D eigenvalue weighted by atomic mass is 9.92. The molecule has 0 spiro atoms. The van der Waals surface area contributed by atoms with Gasteiger partial charge in [0.1, 0.15) is 6.20 Å². The van der Waals surface area contributed by atoms with Crippen LogP contribution in [-0.2, 0) is 0 Å². The van der Waals surface area contributed by atoms with Crippen molar-refractivity contribution in [3.8, 4) is 0 Å². The van der Waals surface area contributed by atoms with Gasteiger partial charge in [0.2, 0.25) is 11.8 Å². The molecule has 0 atom stereocenters. The first-order chi connectivity index (χ1) is 13.5. The largest absolute Gasteiger partial charge is 0.393 e. The quantitative estimate of drug-likeness (QED) is 0.452. The van der Waals surface area contributed by atoms with Gasteiger partial charge in [-0.3, -0.25) is 15.2 Å². The molecule has 1 aliphatic rings. The highest BCUT2D eigenvalue weighted by Gasteiger charge is 2.28. The molecule has 10 heteroatoms. The molecule has 0 amide bonds. The fourth-order valence-corrected chi connectivity index (χ4v) is 3.58. The lowest BCUT2D eigenvalue weighted by Gasteiger charge is -2.33. The topological polar surface area (TPSA) is 133 Å². The Bertz CT molecular complexity index is 998. The van der Waals surface area contributed by atoms with Crippen molar-refractivity contribution in [1.29, 1.82) is 0 Å². The maximum Gasteiger partial charge on any atom is 0.329 e. The van der Waals surface area contributed by atoms with E-state index < -0.39 is 4.92 Å². The standard InChI is InChI=1S/C18H21N7O3/c1-24(13-4-6-14(26)7-5-13)17-16(25(27)28)10-19-18(22-17)21-12-3-2-11-9-20-23-15(11)8-12/h2-3,8-10,13-14,26H,4-7H2,1H3,(H,20,23)(H,19,21,22).